The van der Waals surface area contributed by atoms with Gasteiger partial charge in [0, 0.05) is 0 Å². The Bertz CT molecular complexity index is 364. The fourth-order valence-electron chi connectivity index (χ4n) is 2.38. The summed E-state index contributed by atoms with van der Waals surface area (Å²) in [6.07, 6.45) is 7.82. The first kappa shape index (κ1) is 26.2. The third kappa shape index (κ3) is 15.9. The van der Waals surface area contributed by atoms with Gasteiger partial charge < -0.3 is 19.7 Å². The lowest BCUT2D eigenvalue weighted by atomic mass is 10.1. The van der Waals surface area contributed by atoms with E-state index in [4.69, 9.17) is 9.47 Å². The van der Waals surface area contributed by atoms with Crippen molar-refractivity contribution >= 4 is 23.7 Å². The highest BCUT2D eigenvalue weighted by atomic mass is 32.2. The van der Waals surface area contributed by atoms with Crippen LogP contribution in [0, 0.1) is 11.8 Å². The van der Waals surface area contributed by atoms with Gasteiger partial charge in [0.05, 0.1) is 13.2 Å². The van der Waals surface area contributed by atoms with E-state index in [-0.39, 0.29) is 13.2 Å². The maximum atomic E-state index is 11.7. The minimum Gasteiger partial charge on any atom is -0.463 e. The largest absolute Gasteiger partial charge is 0.463 e. The standard InChI is InChI=1S/C20H38O6S/c1-15(2)11-7-5-9-13-25-17(21)19(23)27-20(24)18(22)26-14-10-6-8-12-16(3)4/h15-16,19-20,23-24H,5-14H2,1-4H3. The number of thioether (sulfide) groups is 1. The highest BCUT2D eigenvalue weighted by molar-refractivity contribution is 8.01. The van der Waals surface area contributed by atoms with Crippen molar-refractivity contribution in [1.29, 1.82) is 0 Å². The van der Waals surface area contributed by atoms with Crippen LogP contribution < -0.4 is 0 Å². The monoisotopic (exact) mass is 406 g/mol. The van der Waals surface area contributed by atoms with Gasteiger partial charge in [0.2, 0.25) is 10.9 Å². The molecule has 6 nitrogen and oxygen atoms in total. The molecular weight excluding hydrogens is 368 g/mol. The number of aliphatic hydroxyl groups is 2. The molecule has 0 bridgehead atoms. The molecule has 0 saturated carbocycles. The second-order valence-electron chi connectivity index (χ2n) is 7.66. The SMILES string of the molecule is CC(C)CCCCCOC(=O)C(O)SC(O)C(=O)OCCCCCC(C)C. The van der Waals surface area contributed by atoms with Gasteiger partial charge in [0.1, 0.15) is 0 Å². The molecule has 0 aliphatic heterocycles. The average molecular weight is 407 g/mol. The fourth-order valence-corrected chi connectivity index (χ4v) is 2.99. The van der Waals surface area contributed by atoms with Crippen molar-refractivity contribution in [2.24, 2.45) is 11.8 Å². The number of unbranched alkanes of at least 4 members (excludes halogenated alkanes) is 4. The zero-order valence-corrected chi connectivity index (χ0v) is 18.1. The molecular formula is C20H38O6S. The Morgan fingerprint density at radius 2 is 1.07 bits per heavy atom. The highest BCUT2D eigenvalue weighted by Crippen LogP contribution is 2.17. The van der Waals surface area contributed by atoms with Crippen molar-refractivity contribution in [2.45, 2.75) is 89.9 Å². The van der Waals surface area contributed by atoms with Crippen LogP contribution in [-0.4, -0.2) is 46.2 Å². The van der Waals surface area contributed by atoms with Gasteiger partial charge in [0.15, 0.2) is 0 Å². The number of hydrogen-bond donors (Lipinski definition) is 2. The number of hydrogen-bond acceptors (Lipinski definition) is 7. The van der Waals surface area contributed by atoms with Crippen molar-refractivity contribution in [1.82, 2.24) is 0 Å². The first-order chi connectivity index (χ1) is 12.7. The van der Waals surface area contributed by atoms with Gasteiger partial charge in [-0.1, -0.05) is 78.0 Å². The summed E-state index contributed by atoms with van der Waals surface area (Å²) in [5.41, 5.74) is -3.21. The van der Waals surface area contributed by atoms with Crippen molar-refractivity contribution in [3.8, 4) is 0 Å². The highest BCUT2D eigenvalue weighted by Gasteiger charge is 2.26. The van der Waals surface area contributed by atoms with Crippen LogP contribution in [-0.2, 0) is 19.1 Å². The lowest BCUT2D eigenvalue weighted by molar-refractivity contribution is -0.149. The number of esters is 2. The Labute approximate surface area is 168 Å². The van der Waals surface area contributed by atoms with Crippen LogP contribution in [0.5, 0.6) is 0 Å². The van der Waals surface area contributed by atoms with Gasteiger partial charge in [-0.05, 0) is 24.7 Å². The molecule has 2 unspecified atom stereocenters. The molecule has 7 heteroatoms. The topological polar surface area (TPSA) is 93.1 Å². The lowest BCUT2D eigenvalue weighted by Crippen LogP contribution is -2.28. The summed E-state index contributed by atoms with van der Waals surface area (Å²) in [6.45, 7) is 9.11. The molecule has 0 aromatic rings. The van der Waals surface area contributed by atoms with Gasteiger partial charge in [-0.3, -0.25) is 0 Å². The quantitative estimate of drug-likeness (QED) is 0.228. The van der Waals surface area contributed by atoms with Crippen LogP contribution in [0.3, 0.4) is 0 Å². The molecule has 0 spiro atoms. The van der Waals surface area contributed by atoms with Gasteiger partial charge in [-0.2, -0.15) is 0 Å². The maximum Gasteiger partial charge on any atom is 0.345 e. The van der Waals surface area contributed by atoms with E-state index >= 15 is 0 Å². The van der Waals surface area contributed by atoms with Crippen molar-refractivity contribution in [2.75, 3.05) is 13.2 Å². The fraction of sp³-hybridized carbons (Fsp3) is 0.900. The molecule has 0 aromatic heterocycles. The Balaban J connectivity index is 3.79. The van der Waals surface area contributed by atoms with Crippen molar-refractivity contribution in [3.63, 3.8) is 0 Å². The lowest BCUT2D eigenvalue weighted by Gasteiger charge is -2.14. The van der Waals surface area contributed by atoms with Crippen LogP contribution in [0.1, 0.15) is 79.1 Å². The number of carbonyl (C=O) groups is 2. The van der Waals surface area contributed by atoms with Crippen molar-refractivity contribution in [3.05, 3.63) is 0 Å². The summed E-state index contributed by atoms with van der Waals surface area (Å²) in [5, 5.41) is 19.5. The van der Waals surface area contributed by atoms with Crippen LogP contribution in [0.15, 0.2) is 0 Å². The zero-order chi connectivity index (χ0) is 20.7. The molecule has 2 atom stereocenters. The third-order valence-electron chi connectivity index (χ3n) is 4.00. The second-order valence-corrected chi connectivity index (χ2v) is 8.83. The average Bonchev–Trinajstić information content (AvgIpc) is 2.59. The van der Waals surface area contributed by atoms with E-state index in [1.54, 1.807) is 0 Å². The molecule has 0 rings (SSSR count). The number of ether oxygens (including phenoxy) is 2. The van der Waals surface area contributed by atoms with Gasteiger partial charge in [-0.15, -0.1) is 0 Å². The Hall–Kier alpha value is -0.790. The summed E-state index contributed by atoms with van der Waals surface area (Å²) in [7, 11) is 0. The Morgan fingerprint density at radius 3 is 1.41 bits per heavy atom. The molecule has 0 saturated heterocycles. The predicted molar refractivity (Wildman–Crippen MR) is 108 cm³/mol. The van der Waals surface area contributed by atoms with E-state index in [1.807, 2.05) is 0 Å². The summed E-state index contributed by atoms with van der Waals surface area (Å²) in [4.78, 5) is 23.3. The summed E-state index contributed by atoms with van der Waals surface area (Å²) in [6, 6.07) is 0. The van der Waals surface area contributed by atoms with Gasteiger partial charge >= 0.3 is 11.9 Å². The van der Waals surface area contributed by atoms with E-state index in [0.717, 1.165) is 51.4 Å². The second kappa shape index (κ2) is 16.2. The molecule has 160 valence electrons. The van der Waals surface area contributed by atoms with Gasteiger partial charge in [-0.25, -0.2) is 9.59 Å². The smallest absolute Gasteiger partial charge is 0.345 e. The first-order valence-corrected chi connectivity index (χ1v) is 11.0. The predicted octanol–water partition coefficient (Wildman–Crippen LogP) is 3.88. The molecule has 0 heterocycles. The summed E-state index contributed by atoms with van der Waals surface area (Å²) >= 11 is 0.422. The van der Waals surface area contributed by atoms with E-state index in [9.17, 15) is 19.8 Å². The maximum absolute atomic E-state index is 11.7. The third-order valence-corrected chi connectivity index (χ3v) is 4.90. The molecule has 0 fully saturated rings. The molecule has 2 N–H and O–H groups in total. The molecule has 0 aliphatic carbocycles. The zero-order valence-electron chi connectivity index (χ0n) is 17.3. The van der Waals surface area contributed by atoms with Crippen LogP contribution in [0.4, 0.5) is 0 Å². The summed E-state index contributed by atoms with van der Waals surface area (Å²) in [5.74, 6) is -0.368. The molecule has 0 aliphatic rings. The molecule has 27 heavy (non-hydrogen) atoms. The number of rotatable bonds is 16. The minimum atomic E-state index is -1.60. The normalized spacial score (nSPS) is 13.6. The van der Waals surface area contributed by atoms with Crippen LogP contribution in [0.2, 0.25) is 0 Å². The molecule has 0 amide bonds. The van der Waals surface area contributed by atoms with Crippen LogP contribution >= 0.6 is 11.8 Å². The van der Waals surface area contributed by atoms with Crippen molar-refractivity contribution < 1.29 is 29.3 Å². The van der Waals surface area contributed by atoms with E-state index in [2.05, 4.69) is 27.7 Å². The number of aliphatic hydroxyl groups excluding tert-OH is 2. The van der Waals surface area contributed by atoms with E-state index < -0.39 is 22.8 Å². The Morgan fingerprint density at radius 1 is 0.704 bits per heavy atom. The van der Waals surface area contributed by atoms with Gasteiger partial charge in [0.25, 0.3) is 0 Å². The van der Waals surface area contributed by atoms with Crippen LogP contribution in [0.25, 0.3) is 0 Å². The molecule has 0 aromatic carbocycles. The first-order valence-electron chi connectivity index (χ1n) is 10.1. The van der Waals surface area contributed by atoms with E-state index in [0.29, 0.717) is 23.6 Å². The van der Waals surface area contributed by atoms with E-state index in [1.165, 1.54) is 0 Å². The summed E-state index contributed by atoms with van der Waals surface area (Å²) < 4.78 is 9.93. The molecule has 0 radical (unpaired) electrons. The minimum absolute atomic E-state index is 0.228. The number of carbonyl (C=O) groups excluding carboxylic acids is 2. The Kier molecular flexibility index (Phi) is 15.7.